The summed E-state index contributed by atoms with van der Waals surface area (Å²) >= 11 is 7.94. The molecule has 0 heterocycles. The fourth-order valence-electron chi connectivity index (χ4n) is 2.14. The molecule has 0 aliphatic rings. The van der Waals surface area contributed by atoms with Gasteiger partial charge in [0, 0.05) is 27.2 Å². The van der Waals surface area contributed by atoms with Gasteiger partial charge in [0.05, 0.1) is 11.6 Å². The average Bonchev–Trinajstić information content (AvgIpc) is 2.59. The van der Waals surface area contributed by atoms with E-state index in [1.54, 1.807) is 11.8 Å². The number of ether oxygens (including phenoxy) is 1. The zero-order valence-corrected chi connectivity index (χ0v) is 16.3. The Kier molecular flexibility index (Phi) is 8.71. The van der Waals surface area contributed by atoms with E-state index in [0.29, 0.717) is 18.1 Å². The van der Waals surface area contributed by atoms with Gasteiger partial charge >= 0.3 is 0 Å². The van der Waals surface area contributed by atoms with E-state index in [4.69, 9.17) is 16.3 Å². The predicted molar refractivity (Wildman–Crippen MR) is 106 cm³/mol. The molecule has 0 radical (unpaired) electrons. The van der Waals surface area contributed by atoms with E-state index in [9.17, 15) is 4.21 Å². The maximum Gasteiger partial charge on any atom is 0.120 e. The molecule has 1 atom stereocenters. The number of benzene rings is 2. The van der Waals surface area contributed by atoms with Crippen LogP contribution in [0.1, 0.15) is 25.3 Å². The molecule has 1 unspecified atom stereocenters. The summed E-state index contributed by atoms with van der Waals surface area (Å²) in [6.45, 7) is 2.72. The van der Waals surface area contributed by atoms with Gasteiger partial charge in [-0.05, 0) is 42.4 Å². The second kappa shape index (κ2) is 10.8. The number of rotatable bonds is 10. The quantitative estimate of drug-likeness (QED) is 0.397. The van der Waals surface area contributed by atoms with Gasteiger partial charge in [-0.1, -0.05) is 48.9 Å². The Balaban J connectivity index is 1.73. The van der Waals surface area contributed by atoms with Gasteiger partial charge in [0.2, 0.25) is 0 Å². The van der Waals surface area contributed by atoms with E-state index in [2.05, 4.69) is 6.92 Å². The topological polar surface area (TPSA) is 26.3 Å². The van der Waals surface area contributed by atoms with E-state index in [0.717, 1.165) is 39.8 Å². The number of halogens is 1. The first-order valence-corrected chi connectivity index (χ1v) is 11.0. The summed E-state index contributed by atoms with van der Waals surface area (Å²) in [5.74, 6) is 3.13. The Bertz CT molecular complexity index is 647. The van der Waals surface area contributed by atoms with Gasteiger partial charge in [-0.25, -0.2) is 0 Å². The Morgan fingerprint density at radius 3 is 2.71 bits per heavy atom. The molecular weight excluding hydrogens is 360 g/mol. The molecule has 0 aliphatic carbocycles. The summed E-state index contributed by atoms with van der Waals surface area (Å²) in [5, 5.41) is 0.768. The first-order valence-electron chi connectivity index (χ1n) is 8.13. The highest BCUT2D eigenvalue weighted by molar-refractivity contribution is 7.99. The summed E-state index contributed by atoms with van der Waals surface area (Å²) in [5.41, 5.74) is 1.12. The monoisotopic (exact) mass is 382 g/mol. The Labute approximate surface area is 156 Å². The SMILES string of the molecule is CCCSc1cc(OCCCS(=O)Cc2ccccc2)ccc1Cl. The third kappa shape index (κ3) is 6.88. The molecule has 0 saturated heterocycles. The smallest absolute Gasteiger partial charge is 0.120 e. The largest absolute Gasteiger partial charge is 0.494 e. The van der Waals surface area contributed by atoms with Crippen LogP contribution < -0.4 is 4.74 Å². The van der Waals surface area contributed by atoms with Crippen molar-refractivity contribution in [2.45, 2.75) is 30.4 Å². The lowest BCUT2D eigenvalue weighted by molar-refractivity contribution is 0.317. The highest BCUT2D eigenvalue weighted by Gasteiger charge is 2.05. The summed E-state index contributed by atoms with van der Waals surface area (Å²) < 4.78 is 17.9. The fraction of sp³-hybridized carbons (Fsp3) is 0.368. The van der Waals surface area contributed by atoms with Crippen LogP contribution in [0.25, 0.3) is 0 Å². The molecule has 0 bridgehead atoms. The molecule has 0 amide bonds. The van der Waals surface area contributed by atoms with Crippen LogP contribution in [0.3, 0.4) is 0 Å². The first kappa shape index (κ1) is 19.4. The lowest BCUT2D eigenvalue weighted by atomic mass is 10.2. The average molecular weight is 383 g/mol. The number of thioether (sulfide) groups is 1. The van der Waals surface area contributed by atoms with E-state index in [1.165, 1.54) is 0 Å². The molecule has 0 aromatic heterocycles. The van der Waals surface area contributed by atoms with Gasteiger partial charge in [-0.2, -0.15) is 0 Å². The van der Waals surface area contributed by atoms with E-state index >= 15 is 0 Å². The van der Waals surface area contributed by atoms with Crippen molar-refractivity contribution in [3.63, 3.8) is 0 Å². The van der Waals surface area contributed by atoms with Crippen molar-refractivity contribution >= 4 is 34.2 Å². The lowest BCUT2D eigenvalue weighted by Gasteiger charge is -2.09. The normalized spacial score (nSPS) is 12.1. The van der Waals surface area contributed by atoms with Crippen LogP contribution in [0.4, 0.5) is 0 Å². The van der Waals surface area contributed by atoms with Crippen molar-refractivity contribution in [2.75, 3.05) is 18.1 Å². The first-order chi connectivity index (χ1) is 11.7. The van der Waals surface area contributed by atoms with Crippen molar-refractivity contribution in [3.8, 4) is 5.75 Å². The van der Waals surface area contributed by atoms with Crippen LogP contribution in [0, 0.1) is 0 Å². The predicted octanol–water partition coefficient (Wildman–Crippen LogP) is 5.56. The van der Waals surface area contributed by atoms with E-state index < -0.39 is 10.8 Å². The van der Waals surface area contributed by atoms with Crippen molar-refractivity contribution in [3.05, 3.63) is 59.1 Å². The van der Waals surface area contributed by atoms with Crippen molar-refractivity contribution in [2.24, 2.45) is 0 Å². The Hall–Kier alpha value is -0.970. The fourth-order valence-corrected chi connectivity index (χ4v) is 4.40. The van der Waals surface area contributed by atoms with Gasteiger partial charge in [0.15, 0.2) is 0 Å². The summed E-state index contributed by atoms with van der Waals surface area (Å²) in [4.78, 5) is 1.06. The standard InChI is InChI=1S/C19H23ClO2S2/c1-2-12-23-19-14-17(9-10-18(19)20)22-11-6-13-24(21)15-16-7-4-3-5-8-16/h3-5,7-10,14H,2,6,11-13,15H2,1H3. The third-order valence-electron chi connectivity index (χ3n) is 3.32. The highest BCUT2D eigenvalue weighted by atomic mass is 35.5. The molecule has 2 rings (SSSR count). The van der Waals surface area contributed by atoms with Crippen LogP contribution in [-0.2, 0) is 16.6 Å². The maximum absolute atomic E-state index is 12.1. The van der Waals surface area contributed by atoms with Gasteiger partial charge in [0.25, 0.3) is 0 Å². The molecule has 0 N–H and O–H groups in total. The molecular formula is C19H23ClO2S2. The molecule has 5 heteroatoms. The van der Waals surface area contributed by atoms with Crippen LogP contribution >= 0.6 is 23.4 Å². The minimum Gasteiger partial charge on any atom is -0.494 e. The van der Waals surface area contributed by atoms with Crippen LogP contribution in [0.5, 0.6) is 5.75 Å². The molecule has 2 nitrogen and oxygen atoms in total. The van der Waals surface area contributed by atoms with E-state index in [1.807, 2.05) is 48.5 Å². The highest BCUT2D eigenvalue weighted by Crippen LogP contribution is 2.31. The zero-order chi connectivity index (χ0) is 17.2. The molecule has 0 spiro atoms. The van der Waals surface area contributed by atoms with Gasteiger partial charge in [0.1, 0.15) is 5.75 Å². The molecule has 0 fully saturated rings. The lowest BCUT2D eigenvalue weighted by Crippen LogP contribution is -2.06. The molecule has 2 aromatic rings. The zero-order valence-electron chi connectivity index (χ0n) is 13.9. The van der Waals surface area contributed by atoms with Crippen molar-refractivity contribution in [1.82, 2.24) is 0 Å². The number of hydrogen-bond donors (Lipinski definition) is 0. The van der Waals surface area contributed by atoms with Gasteiger partial charge in [-0.15, -0.1) is 11.8 Å². The Morgan fingerprint density at radius 2 is 1.96 bits per heavy atom. The molecule has 2 aromatic carbocycles. The van der Waals surface area contributed by atoms with Crippen molar-refractivity contribution < 1.29 is 8.95 Å². The van der Waals surface area contributed by atoms with Crippen molar-refractivity contribution in [1.29, 1.82) is 0 Å². The minimum atomic E-state index is -0.846. The second-order valence-corrected chi connectivity index (χ2v) is 8.54. The summed E-state index contributed by atoms with van der Waals surface area (Å²) in [6.07, 6.45) is 1.89. The maximum atomic E-state index is 12.1. The molecule has 0 aliphatic heterocycles. The summed E-state index contributed by atoms with van der Waals surface area (Å²) in [7, 11) is -0.846. The van der Waals surface area contributed by atoms with Crippen LogP contribution in [0.15, 0.2) is 53.4 Å². The molecule has 0 saturated carbocycles. The second-order valence-electron chi connectivity index (χ2n) is 5.42. The van der Waals surface area contributed by atoms with Gasteiger partial charge in [-0.3, -0.25) is 4.21 Å². The van der Waals surface area contributed by atoms with Crippen LogP contribution in [-0.4, -0.2) is 22.3 Å². The Morgan fingerprint density at radius 1 is 1.17 bits per heavy atom. The van der Waals surface area contributed by atoms with Gasteiger partial charge < -0.3 is 4.74 Å². The van der Waals surface area contributed by atoms with E-state index in [-0.39, 0.29) is 0 Å². The minimum absolute atomic E-state index is 0.569. The molecule has 130 valence electrons. The molecule has 24 heavy (non-hydrogen) atoms. The van der Waals surface area contributed by atoms with Crippen LogP contribution in [0.2, 0.25) is 5.02 Å². The third-order valence-corrected chi connectivity index (χ3v) is 6.42. The number of hydrogen-bond acceptors (Lipinski definition) is 3. The summed E-state index contributed by atoms with van der Waals surface area (Å²) in [6, 6.07) is 15.7.